The molecule has 2 rings (SSSR count). The number of hydrogen-bond donors (Lipinski definition) is 3. The van der Waals surface area contributed by atoms with Gasteiger partial charge in [0.05, 0.1) is 0 Å². The fraction of sp³-hybridized carbons (Fsp3) is 0.400. The highest BCUT2D eigenvalue weighted by Gasteiger charge is 2.11. The molecule has 1 aromatic rings. The largest absolute Gasteiger partial charge is 0.288 e. The van der Waals surface area contributed by atoms with E-state index in [2.05, 4.69) is 10.5 Å². The van der Waals surface area contributed by atoms with Crippen LogP contribution in [0.4, 0.5) is 0 Å². The number of hydrogen-bond acceptors (Lipinski definition) is 4. The topological polar surface area (TPSA) is 90.8 Å². The molecule has 0 radical (unpaired) electrons. The average Bonchev–Trinajstić information content (AvgIpc) is 2.55. The van der Waals surface area contributed by atoms with E-state index in [4.69, 9.17) is 5.21 Å². The van der Waals surface area contributed by atoms with Crippen LogP contribution in [0.2, 0.25) is 0 Å². The molecule has 1 fully saturated rings. The highest BCUT2D eigenvalue weighted by molar-refractivity contribution is 5.97. The van der Waals surface area contributed by atoms with Gasteiger partial charge in [-0.1, -0.05) is 19.3 Å². The minimum Gasteiger partial charge on any atom is -0.288 e. The Balaban J connectivity index is 1.87. The SMILES string of the molecule is O=C(NO)c1ccc(C(=O)N/N=C/C2CCCCC2)cc1. The molecule has 0 heterocycles. The van der Waals surface area contributed by atoms with Crippen LogP contribution in [0.1, 0.15) is 52.8 Å². The van der Waals surface area contributed by atoms with E-state index in [9.17, 15) is 9.59 Å². The lowest BCUT2D eigenvalue weighted by Crippen LogP contribution is -2.20. The standard InChI is InChI=1S/C15H19N3O3/c19-14(17-16-10-11-4-2-1-3-5-11)12-6-8-13(9-7-12)15(20)18-21/h6-11,21H,1-5H2,(H,17,19)(H,18,20)/b16-10+. The molecule has 1 aliphatic rings. The Morgan fingerprint density at radius 3 is 2.19 bits per heavy atom. The maximum absolute atomic E-state index is 11.9. The minimum absolute atomic E-state index is 0.278. The Labute approximate surface area is 123 Å². The first kappa shape index (κ1) is 15.2. The summed E-state index contributed by atoms with van der Waals surface area (Å²) >= 11 is 0. The van der Waals surface area contributed by atoms with Gasteiger partial charge in [-0.05, 0) is 43.0 Å². The Bertz CT molecular complexity index is 519. The summed E-state index contributed by atoms with van der Waals surface area (Å²) in [5, 5.41) is 12.5. The summed E-state index contributed by atoms with van der Waals surface area (Å²) in [6, 6.07) is 5.95. The van der Waals surface area contributed by atoms with Gasteiger partial charge in [-0.3, -0.25) is 14.8 Å². The van der Waals surface area contributed by atoms with Gasteiger partial charge in [-0.15, -0.1) is 0 Å². The highest BCUT2D eigenvalue weighted by Crippen LogP contribution is 2.21. The van der Waals surface area contributed by atoms with E-state index in [-0.39, 0.29) is 11.5 Å². The second-order valence-corrected chi connectivity index (χ2v) is 5.14. The van der Waals surface area contributed by atoms with E-state index in [1.54, 1.807) is 0 Å². The van der Waals surface area contributed by atoms with E-state index in [1.165, 1.54) is 49.0 Å². The number of hydrazone groups is 1. The fourth-order valence-corrected chi connectivity index (χ4v) is 2.39. The van der Waals surface area contributed by atoms with E-state index in [0.717, 1.165) is 12.8 Å². The average molecular weight is 289 g/mol. The monoisotopic (exact) mass is 289 g/mol. The number of nitrogens with one attached hydrogen (secondary N) is 2. The third-order valence-electron chi connectivity index (χ3n) is 3.61. The lowest BCUT2D eigenvalue weighted by Gasteiger charge is -2.16. The van der Waals surface area contributed by atoms with Gasteiger partial charge < -0.3 is 0 Å². The Morgan fingerprint density at radius 1 is 1.05 bits per heavy atom. The molecule has 0 aliphatic heterocycles. The van der Waals surface area contributed by atoms with Crippen LogP contribution in [0.15, 0.2) is 29.4 Å². The quantitative estimate of drug-likeness (QED) is 0.450. The third-order valence-corrected chi connectivity index (χ3v) is 3.61. The Kier molecular flexibility index (Phi) is 5.45. The van der Waals surface area contributed by atoms with Crippen LogP contribution in [0.3, 0.4) is 0 Å². The zero-order valence-electron chi connectivity index (χ0n) is 11.7. The number of hydroxylamine groups is 1. The first-order valence-electron chi connectivity index (χ1n) is 7.08. The first-order valence-corrected chi connectivity index (χ1v) is 7.08. The molecule has 21 heavy (non-hydrogen) atoms. The van der Waals surface area contributed by atoms with Crippen molar-refractivity contribution in [1.82, 2.24) is 10.9 Å². The van der Waals surface area contributed by atoms with Crippen LogP contribution in [0.5, 0.6) is 0 Å². The van der Waals surface area contributed by atoms with Crippen LogP contribution >= 0.6 is 0 Å². The zero-order chi connectivity index (χ0) is 15.1. The van der Waals surface area contributed by atoms with Gasteiger partial charge in [0.25, 0.3) is 11.8 Å². The van der Waals surface area contributed by atoms with Crippen LogP contribution in [0.25, 0.3) is 0 Å². The number of carbonyl (C=O) groups is 2. The van der Waals surface area contributed by atoms with Crippen molar-refractivity contribution in [2.75, 3.05) is 0 Å². The Morgan fingerprint density at radius 2 is 1.62 bits per heavy atom. The lowest BCUT2D eigenvalue weighted by molar-refractivity contribution is 0.0706. The zero-order valence-corrected chi connectivity index (χ0v) is 11.7. The van der Waals surface area contributed by atoms with Crippen LogP contribution < -0.4 is 10.9 Å². The van der Waals surface area contributed by atoms with Crippen molar-refractivity contribution in [3.63, 3.8) is 0 Å². The normalized spacial score (nSPS) is 15.9. The molecule has 6 heteroatoms. The van der Waals surface area contributed by atoms with Gasteiger partial charge in [0.1, 0.15) is 0 Å². The maximum atomic E-state index is 11.9. The molecule has 1 saturated carbocycles. The molecule has 112 valence electrons. The summed E-state index contributed by atoms with van der Waals surface area (Å²) < 4.78 is 0. The van der Waals surface area contributed by atoms with Gasteiger partial charge in [0.15, 0.2) is 0 Å². The van der Waals surface area contributed by atoms with Crippen LogP contribution in [0, 0.1) is 5.92 Å². The minimum atomic E-state index is -0.614. The lowest BCUT2D eigenvalue weighted by atomic mass is 9.90. The summed E-state index contributed by atoms with van der Waals surface area (Å²) in [4.78, 5) is 23.0. The van der Waals surface area contributed by atoms with Crippen LogP contribution in [-0.4, -0.2) is 23.2 Å². The molecular weight excluding hydrogens is 270 g/mol. The molecule has 3 N–H and O–H groups in total. The molecule has 2 amide bonds. The molecule has 0 atom stereocenters. The van der Waals surface area contributed by atoms with Gasteiger partial charge in [0.2, 0.25) is 0 Å². The van der Waals surface area contributed by atoms with Crippen molar-refractivity contribution < 1.29 is 14.8 Å². The maximum Gasteiger partial charge on any atom is 0.274 e. The molecule has 1 aliphatic carbocycles. The van der Waals surface area contributed by atoms with Crippen molar-refractivity contribution in [3.8, 4) is 0 Å². The smallest absolute Gasteiger partial charge is 0.274 e. The number of benzene rings is 1. The van der Waals surface area contributed by atoms with Gasteiger partial charge in [0, 0.05) is 17.3 Å². The second-order valence-electron chi connectivity index (χ2n) is 5.14. The summed E-state index contributed by atoms with van der Waals surface area (Å²) in [5.74, 6) is -0.482. The molecule has 0 unspecified atom stereocenters. The van der Waals surface area contributed by atoms with E-state index in [0.29, 0.717) is 11.5 Å². The number of rotatable bonds is 4. The Hall–Kier alpha value is -2.21. The fourth-order valence-electron chi connectivity index (χ4n) is 2.39. The molecule has 0 bridgehead atoms. The predicted molar refractivity (Wildman–Crippen MR) is 78.2 cm³/mol. The van der Waals surface area contributed by atoms with Crippen molar-refractivity contribution in [1.29, 1.82) is 0 Å². The van der Waals surface area contributed by atoms with Crippen molar-refractivity contribution in [2.45, 2.75) is 32.1 Å². The first-order chi connectivity index (χ1) is 10.2. The van der Waals surface area contributed by atoms with E-state index >= 15 is 0 Å². The van der Waals surface area contributed by atoms with E-state index in [1.807, 2.05) is 6.21 Å². The number of carbonyl (C=O) groups excluding carboxylic acids is 2. The molecule has 6 nitrogen and oxygen atoms in total. The molecule has 1 aromatic carbocycles. The van der Waals surface area contributed by atoms with E-state index < -0.39 is 5.91 Å². The molecule has 0 aromatic heterocycles. The highest BCUT2D eigenvalue weighted by atomic mass is 16.5. The number of nitrogens with zero attached hydrogens (tertiary/aromatic N) is 1. The third kappa shape index (κ3) is 4.39. The molecular formula is C15H19N3O3. The summed E-state index contributed by atoms with van der Waals surface area (Å²) in [7, 11) is 0. The van der Waals surface area contributed by atoms with Crippen molar-refractivity contribution >= 4 is 18.0 Å². The molecule has 0 spiro atoms. The molecule has 0 saturated heterocycles. The second kappa shape index (κ2) is 7.54. The van der Waals surface area contributed by atoms with Crippen molar-refractivity contribution in [2.24, 2.45) is 11.0 Å². The number of amides is 2. The van der Waals surface area contributed by atoms with Crippen molar-refractivity contribution in [3.05, 3.63) is 35.4 Å². The summed E-state index contributed by atoms with van der Waals surface area (Å²) in [6.45, 7) is 0. The summed E-state index contributed by atoms with van der Waals surface area (Å²) in [5.41, 5.74) is 4.71. The van der Waals surface area contributed by atoms with Gasteiger partial charge >= 0.3 is 0 Å². The predicted octanol–water partition coefficient (Wildman–Crippen LogP) is 2.10. The van der Waals surface area contributed by atoms with Gasteiger partial charge in [-0.25, -0.2) is 10.9 Å². The van der Waals surface area contributed by atoms with Gasteiger partial charge in [-0.2, -0.15) is 5.10 Å². The summed E-state index contributed by atoms with van der Waals surface area (Å²) in [6.07, 6.45) is 7.79. The van der Waals surface area contributed by atoms with Crippen LogP contribution in [-0.2, 0) is 0 Å².